The van der Waals surface area contributed by atoms with E-state index in [9.17, 15) is 4.79 Å². The van der Waals surface area contributed by atoms with Crippen LogP contribution in [0.3, 0.4) is 0 Å². The highest BCUT2D eigenvalue weighted by Crippen LogP contribution is 2.35. The number of unbranched alkanes of at least 4 members (excludes halogenated alkanes) is 7. The van der Waals surface area contributed by atoms with Gasteiger partial charge in [-0.3, -0.25) is 4.79 Å². The Morgan fingerprint density at radius 1 is 0.968 bits per heavy atom. The number of hydrogen-bond acceptors (Lipinski definition) is 4. The summed E-state index contributed by atoms with van der Waals surface area (Å²) in [7, 11) is 1.71. The van der Waals surface area contributed by atoms with Gasteiger partial charge in [0.05, 0.1) is 20.3 Å². The van der Waals surface area contributed by atoms with Gasteiger partial charge in [0.1, 0.15) is 11.5 Å². The van der Waals surface area contributed by atoms with Crippen molar-refractivity contribution in [2.24, 2.45) is 0 Å². The number of nitrogens with one attached hydrogen (secondary N) is 1. The van der Waals surface area contributed by atoms with Gasteiger partial charge in [-0.1, -0.05) is 65.7 Å². The zero-order valence-electron chi connectivity index (χ0n) is 20.3. The smallest absolute Gasteiger partial charge is 0.220 e. The van der Waals surface area contributed by atoms with Crippen LogP contribution in [0.15, 0.2) is 18.2 Å². The van der Waals surface area contributed by atoms with Crippen molar-refractivity contribution in [3.8, 4) is 11.5 Å². The Bertz CT molecular complexity index is 615. The number of aliphatic hydroxyl groups excluding tert-OH is 1. The molecule has 5 heteroatoms. The van der Waals surface area contributed by atoms with E-state index >= 15 is 0 Å². The summed E-state index contributed by atoms with van der Waals surface area (Å²) in [5.41, 5.74) is 1.38. The van der Waals surface area contributed by atoms with Crippen molar-refractivity contribution in [1.82, 2.24) is 5.32 Å². The summed E-state index contributed by atoms with van der Waals surface area (Å²) >= 11 is 0. The van der Waals surface area contributed by atoms with E-state index < -0.39 is 0 Å². The molecule has 1 aromatic rings. The van der Waals surface area contributed by atoms with Gasteiger partial charge in [-0.05, 0) is 42.4 Å². The first kappa shape index (κ1) is 27.3. The standard InChI is InChI=1S/C26H45NO4/c1-5-6-7-12-15-26(2,3)22-19-23(30-4)21-24(20-22)31-18-13-10-8-9-11-14-25(29)27-16-17-28/h19-21,28H,5-18H2,1-4H3,(H,27,29). The Balaban J connectivity index is 2.37. The van der Waals surface area contributed by atoms with E-state index in [1.807, 2.05) is 6.07 Å². The average molecular weight is 436 g/mol. The van der Waals surface area contributed by atoms with E-state index in [-0.39, 0.29) is 17.9 Å². The lowest BCUT2D eigenvalue weighted by atomic mass is 9.80. The number of hydrogen-bond donors (Lipinski definition) is 2. The minimum Gasteiger partial charge on any atom is -0.497 e. The van der Waals surface area contributed by atoms with E-state index in [0.29, 0.717) is 19.6 Å². The van der Waals surface area contributed by atoms with Crippen LogP contribution in [-0.2, 0) is 10.2 Å². The number of carbonyl (C=O) groups excluding carboxylic acids is 1. The van der Waals surface area contributed by atoms with E-state index in [0.717, 1.165) is 50.0 Å². The third-order valence-electron chi connectivity index (χ3n) is 5.80. The van der Waals surface area contributed by atoms with Gasteiger partial charge in [0, 0.05) is 19.0 Å². The summed E-state index contributed by atoms with van der Waals surface area (Å²) in [6.07, 6.45) is 11.9. The number of benzene rings is 1. The molecule has 0 aliphatic carbocycles. The van der Waals surface area contributed by atoms with E-state index in [1.165, 1.54) is 31.2 Å². The molecular formula is C26H45NO4. The molecule has 178 valence electrons. The molecule has 0 aliphatic rings. The maximum atomic E-state index is 11.5. The quantitative estimate of drug-likeness (QED) is 0.287. The molecule has 1 aromatic carbocycles. The van der Waals surface area contributed by atoms with Crippen molar-refractivity contribution >= 4 is 5.91 Å². The van der Waals surface area contributed by atoms with Crippen LogP contribution in [0.25, 0.3) is 0 Å². The van der Waals surface area contributed by atoms with Gasteiger partial charge in [-0.2, -0.15) is 0 Å². The Morgan fingerprint density at radius 2 is 1.65 bits per heavy atom. The van der Waals surface area contributed by atoms with Crippen LogP contribution < -0.4 is 14.8 Å². The zero-order chi connectivity index (χ0) is 23.0. The van der Waals surface area contributed by atoms with Crippen LogP contribution in [-0.4, -0.2) is 37.9 Å². The van der Waals surface area contributed by atoms with Crippen molar-refractivity contribution < 1.29 is 19.4 Å². The molecule has 0 radical (unpaired) electrons. The lowest BCUT2D eigenvalue weighted by molar-refractivity contribution is -0.121. The fraction of sp³-hybridized carbons (Fsp3) is 0.731. The van der Waals surface area contributed by atoms with Crippen LogP contribution in [0.4, 0.5) is 0 Å². The molecule has 0 spiro atoms. The summed E-state index contributed by atoms with van der Waals surface area (Å²) in [6, 6.07) is 6.29. The summed E-state index contributed by atoms with van der Waals surface area (Å²) in [5.74, 6) is 1.77. The Morgan fingerprint density at radius 3 is 2.35 bits per heavy atom. The van der Waals surface area contributed by atoms with Crippen molar-refractivity contribution in [2.75, 3.05) is 26.9 Å². The zero-order valence-corrected chi connectivity index (χ0v) is 20.3. The number of aliphatic hydroxyl groups is 1. The molecular weight excluding hydrogens is 390 g/mol. The fourth-order valence-corrected chi connectivity index (χ4v) is 3.69. The lowest BCUT2D eigenvalue weighted by Crippen LogP contribution is -2.25. The van der Waals surface area contributed by atoms with Crippen LogP contribution in [0.5, 0.6) is 11.5 Å². The highest BCUT2D eigenvalue weighted by atomic mass is 16.5. The minimum atomic E-state index is -0.00300. The molecule has 0 aliphatic heterocycles. The third kappa shape index (κ3) is 12.0. The second kappa shape index (κ2) is 16.0. The van der Waals surface area contributed by atoms with Crippen molar-refractivity contribution in [3.63, 3.8) is 0 Å². The maximum Gasteiger partial charge on any atom is 0.220 e. The van der Waals surface area contributed by atoms with Crippen molar-refractivity contribution in [2.45, 2.75) is 96.8 Å². The van der Waals surface area contributed by atoms with Crippen LogP contribution in [0.1, 0.15) is 97.0 Å². The Labute approximate surface area is 189 Å². The second-order valence-electron chi connectivity index (χ2n) is 9.03. The SMILES string of the molecule is CCCCCCC(C)(C)c1cc(OC)cc(OCCCCCCCC(=O)NCCO)c1. The van der Waals surface area contributed by atoms with Gasteiger partial charge in [-0.25, -0.2) is 0 Å². The molecule has 0 atom stereocenters. The molecule has 0 fully saturated rings. The Kier molecular flexibility index (Phi) is 14.1. The molecule has 0 aromatic heterocycles. The predicted octanol–water partition coefficient (Wildman–Crippen LogP) is 5.77. The highest BCUT2D eigenvalue weighted by molar-refractivity contribution is 5.75. The number of amides is 1. The molecule has 1 amide bonds. The maximum absolute atomic E-state index is 11.5. The van der Waals surface area contributed by atoms with Gasteiger partial charge in [-0.15, -0.1) is 0 Å². The van der Waals surface area contributed by atoms with Gasteiger partial charge in [0.25, 0.3) is 0 Å². The molecule has 1 rings (SSSR count). The number of carbonyl (C=O) groups is 1. The van der Waals surface area contributed by atoms with Gasteiger partial charge in [0.15, 0.2) is 0 Å². The van der Waals surface area contributed by atoms with Gasteiger partial charge >= 0.3 is 0 Å². The Hall–Kier alpha value is -1.75. The summed E-state index contributed by atoms with van der Waals surface area (Å²) in [6.45, 7) is 7.90. The van der Waals surface area contributed by atoms with E-state index in [4.69, 9.17) is 14.6 Å². The molecule has 0 unspecified atom stereocenters. The number of ether oxygens (including phenoxy) is 2. The summed E-state index contributed by atoms with van der Waals surface area (Å²) in [5, 5.41) is 11.4. The molecule has 2 N–H and O–H groups in total. The lowest BCUT2D eigenvalue weighted by Gasteiger charge is -2.26. The molecule has 5 nitrogen and oxygen atoms in total. The monoisotopic (exact) mass is 435 g/mol. The highest BCUT2D eigenvalue weighted by Gasteiger charge is 2.22. The number of rotatable bonds is 18. The average Bonchev–Trinajstić information content (AvgIpc) is 2.76. The van der Waals surface area contributed by atoms with Crippen LogP contribution in [0.2, 0.25) is 0 Å². The van der Waals surface area contributed by atoms with Crippen LogP contribution in [0, 0.1) is 0 Å². The second-order valence-corrected chi connectivity index (χ2v) is 9.03. The van der Waals surface area contributed by atoms with Crippen LogP contribution >= 0.6 is 0 Å². The molecule has 0 saturated heterocycles. The fourth-order valence-electron chi connectivity index (χ4n) is 3.69. The van der Waals surface area contributed by atoms with E-state index in [2.05, 4.69) is 38.2 Å². The topological polar surface area (TPSA) is 67.8 Å². The van der Waals surface area contributed by atoms with Gasteiger partial charge < -0.3 is 19.9 Å². The van der Waals surface area contributed by atoms with Gasteiger partial charge in [0.2, 0.25) is 5.91 Å². The molecule has 0 saturated carbocycles. The normalized spacial score (nSPS) is 11.4. The number of methoxy groups -OCH3 is 1. The minimum absolute atomic E-state index is 0.00300. The molecule has 31 heavy (non-hydrogen) atoms. The molecule has 0 bridgehead atoms. The predicted molar refractivity (Wildman–Crippen MR) is 128 cm³/mol. The van der Waals surface area contributed by atoms with E-state index in [1.54, 1.807) is 7.11 Å². The third-order valence-corrected chi connectivity index (χ3v) is 5.80. The van der Waals surface area contributed by atoms with Crippen molar-refractivity contribution in [3.05, 3.63) is 23.8 Å². The molecule has 0 heterocycles. The largest absolute Gasteiger partial charge is 0.497 e. The summed E-state index contributed by atoms with van der Waals surface area (Å²) < 4.78 is 11.6. The van der Waals surface area contributed by atoms with Crippen molar-refractivity contribution in [1.29, 1.82) is 0 Å². The first-order chi connectivity index (χ1) is 14.9. The summed E-state index contributed by atoms with van der Waals surface area (Å²) in [4.78, 5) is 11.5. The first-order valence-corrected chi connectivity index (χ1v) is 12.1. The first-order valence-electron chi connectivity index (χ1n) is 12.1.